The number of methoxy groups -OCH3 is 1. The summed E-state index contributed by atoms with van der Waals surface area (Å²) in [6, 6.07) is 12.7. The Morgan fingerprint density at radius 3 is 2.31 bits per heavy atom. The maximum atomic E-state index is 12.1. The van der Waals surface area contributed by atoms with E-state index in [1.165, 1.54) is 0 Å². The lowest BCUT2D eigenvalue weighted by Crippen LogP contribution is -2.22. The van der Waals surface area contributed by atoms with E-state index in [0.29, 0.717) is 30.2 Å². The molecule has 0 aliphatic rings. The van der Waals surface area contributed by atoms with Crippen LogP contribution in [0.25, 0.3) is 0 Å². The third-order valence-corrected chi connectivity index (χ3v) is 3.77. The number of carbonyl (C=O) groups is 1. The fourth-order valence-corrected chi connectivity index (χ4v) is 2.37. The standard InChI is InChI=1S/C20H19N3O3/c1-25-19-12-16(13-23-20(24)17-6-10-22-11-7-17)2-3-18(19)26-14-15-4-8-21-9-5-15/h2-12H,13-14H2,1H3,(H,23,24). The summed E-state index contributed by atoms with van der Waals surface area (Å²) in [6.45, 7) is 0.819. The lowest BCUT2D eigenvalue weighted by atomic mass is 10.2. The van der Waals surface area contributed by atoms with Crippen LogP contribution in [0.3, 0.4) is 0 Å². The number of amides is 1. The minimum Gasteiger partial charge on any atom is -0.493 e. The van der Waals surface area contributed by atoms with E-state index >= 15 is 0 Å². The number of pyridine rings is 2. The highest BCUT2D eigenvalue weighted by Crippen LogP contribution is 2.28. The fraction of sp³-hybridized carbons (Fsp3) is 0.150. The molecule has 0 bridgehead atoms. The second kappa shape index (κ2) is 8.62. The molecule has 0 radical (unpaired) electrons. The normalized spacial score (nSPS) is 10.2. The number of nitrogens with zero attached hydrogens (tertiary/aromatic N) is 2. The van der Waals surface area contributed by atoms with Gasteiger partial charge in [0.2, 0.25) is 0 Å². The highest BCUT2D eigenvalue weighted by Gasteiger charge is 2.08. The van der Waals surface area contributed by atoms with Crippen molar-refractivity contribution in [2.75, 3.05) is 7.11 Å². The zero-order valence-corrected chi connectivity index (χ0v) is 14.4. The third-order valence-electron chi connectivity index (χ3n) is 3.77. The molecule has 2 heterocycles. The predicted octanol–water partition coefficient (Wildman–Crippen LogP) is 2.99. The van der Waals surface area contributed by atoms with Crippen molar-refractivity contribution in [1.29, 1.82) is 0 Å². The average molecular weight is 349 g/mol. The molecule has 0 spiro atoms. The van der Waals surface area contributed by atoms with Gasteiger partial charge in [-0.05, 0) is 47.5 Å². The molecule has 6 heteroatoms. The van der Waals surface area contributed by atoms with Gasteiger partial charge in [-0.25, -0.2) is 0 Å². The first kappa shape index (κ1) is 17.4. The molecule has 1 amide bonds. The molecule has 0 saturated heterocycles. The van der Waals surface area contributed by atoms with Gasteiger partial charge in [0, 0.05) is 36.9 Å². The van der Waals surface area contributed by atoms with Gasteiger partial charge in [0.05, 0.1) is 7.11 Å². The van der Waals surface area contributed by atoms with Crippen LogP contribution in [-0.2, 0) is 13.2 Å². The van der Waals surface area contributed by atoms with Crippen LogP contribution in [0.5, 0.6) is 11.5 Å². The summed E-state index contributed by atoms with van der Waals surface area (Å²) in [4.78, 5) is 20.0. The summed E-state index contributed by atoms with van der Waals surface area (Å²) in [5.74, 6) is 1.12. The van der Waals surface area contributed by atoms with Gasteiger partial charge in [0.25, 0.3) is 5.91 Å². The van der Waals surface area contributed by atoms with Gasteiger partial charge in [-0.1, -0.05) is 6.07 Å². The largest absolute Gasteiger partial charge is 0.493 e. The Bertz CT molecular complexity index is 855. The molecule has 1 N–H and O–H groups in total. The second-order valence-corrected chi connectivity index (χ2v) is 5.55. The summed E-state index contributed by atoms with van der Waals surface area (Å²) in [7, 11) is 1.59. The first-order valence-electron chi connectivity index (χ1n) is 8.13. The molecule has 0 saturated carbocycles. The van der Waals surface area contributed by atoms with Crippen molar-refractivity contribution in [2.24, 2.45) is 0 Å². The topological polar surface area (TPSA) is 73.3 Å². The molecule has 0 unspecified atom stereocenters. The van der Waals surface area contributed by atoms with E-state index in [0.717, 1.165) is 11.1 Å². The Morgan fingerprint density at radius 2 is 1.62 bits per heavy atom. The van der Waals surface area contributed by atoms with Crippen molar-refractivity contribution < 1.29 is 14.3 Å². The third kappa shape index (κ3) is 4.57. The SMILES string of the molecule is COc1cc(CNC(=O)c2ccncc2)ccc1OCc1ccncc1. The van der Waals surface area contributed by atoms with Crippen LogP contribution in [0.1, 0.15) is 21.5 Å². The molecule has 6 nitrogen and oxygen atoms in total. The maximum absolute atomic E-state index is 12.1. The van der Waals surface area contributed by atoms with Gasteiger partial charge in [-0.15, -0.1) is 0 Å². The summed E-state index contributed by atoms with van der Waals surface area (Å²) in [5.41, 5.74) is 2.51. The molecule has 1 aromatic carbocycles. The number of hydrogen-bond donors (Lipinski definition) is 1. The van der Waals surface area contributed by atoms with Crippen molar-refractivity contribution in [3.05, 3.63) is 83.9 Å². The van der Waals surface area contributed by atoms with E-state index in [1.54, 1.807) is 44.0 Å². The number of rotatable bonds is 7. The Kier molecular flexibility index (Phi) is 5.77. The van der Waals surface area contributed by atoms with Gasteiger partial charge in [-0.2, -0.15) is 0 Å². The van der Waals surface area contributed by atoms with Crippen LogP contribution in [0.15, 0.2) is 67.3 Å². The van der Waals surface area contributed by atoms with Crippen molar-refractivity contribution in [2.45, 2.75) is 13.2 Å². The van der Waals surface area contributed by atoms with Gasteiger partial charge < -0.3 is 14.8 Å². The van der Waals surface area contributed by atoms with E-state index in [-0.39, 0.29) is 5.91 Å². The van der Waals surface area contributed by atoms with Gasteiger partial charge >= 0.3 is 0 Å². The molecular weight excluding hydrogens is 330 g/mol. The molecule has 0 aliphatic heterocycles. The van der Waals surface area contributed by atoms with E-state index in [9.17, 15) is 4.79 Å². The monoisotopic (exact) mass is 349 g/mol. The van der Waals surface area contributed by atoms with Crippen molar-refractivity contribution in [1.82, 2.24) is 15.3 Å². The van der Waals surface area contributed by atoms with Crippen molar-refractivity contribution in [3.63, 3.8) is 0 Å². The first-order valence-corrected chi connectivity index (χ1v) is 8.13. The maximum Gasteiger partial charge on any atom is 0.251 e. The Morgan fingerprint density at radius 1 is 0.923 bits per heavy atom. The molecular formula is C20H19N3O3. The summed E-state index contributed by atoms with van der Waals surface area (Å²) >= 11 is 0. The smallest absolute Gasteiger partial charge is 0.251 e. The molecule has 0 atom stereocenters. The van der Waals surface area contributed by atoms with E-state index in [1.807, 2.05) is 30.3 Å². The van der Waals surface area contributed by atoms with Crippen LogP contribution < -0.4 is 14.8 Å². The van der Waals surface area contributed by atoms with Crippen LogP contribution in [-0.4, -0.2) is 23.0 Å². The van der Waals surface area contributed by atoms with Crippen molar-refractivity contribution in [3.8, 4) is 11.5 Å². The highest BCUT2D eigenvalue weighted by atomic mass is 16.5. The lowest BCUT2D eigenvalue weighted by Gasteiger charge is -2.13. The highest BCUT2D eigenvalue weighted by molar-refractivity contribution is 5.93. The predicted molar refractivity (Wildman–Crippen MR) is 97.0 cm³/mol. The lowest BCUT2D eigenvalue weighted by molar-refractivity contribution is 0.0950. The molecule has 0 aliphatic carbocycles. The second-order valence-electron chi connectivity index (χ2n) is 5.55. The number of aromatic nitrogens is 2. The van der Waals surface area contributed by atoms with Gasteiger partial charge in [0.1, 0.15) is 6.61 Å². The van der Waals surface area contributed by atoms with E-state index < -0.39 is 0 Å². The average Bonchev–Trinajstić information content (AvgIpc) is 2.72. The zero-order valence-electron chi connectivity index (χ0n) is 14.4. The van der Waals surface area contributed by atoms with Crippen LogP contribution in [0.2, 0.25) is 0 Å². The summed E-state index contributed by atoms with van der Waals surface area (Å²) < 4.78 is 11.2. The molecule has 26 heavy (non-hydrogen) atoms. The number of nitrogens with one attached hydrogen (secondary N) is 1. The van der Waals surface area contributed by atoms with E-state index in [4.69, 9.17) is 9.47 Å². The van der Waals surface area contributed by atoms with Crippen molar-refractivity contribution >= 4 is 5.91 Å². The first-order chi connectivity index (χ1) is 12.8. The summed E-state index contributed by atoms with van der Waals surface area (Å²) in [6.07, 6.45) is 6.63. The van der Waals surface area contributed by atoms with Crippen LogP contribution >= 0.6 is 0 Å². The Hall–Kier alpha value is -3.41. The molecule has 3 rings (SSSR count). The number of benzene rings is 1. The minimum atomic E-state index is -0.149. The minimum absolute atomic E-state index is 0.149. The van der Waals surface area contributed by atoms with Gasteiger partial charge in [0.15, 0.2) is 11.5 Å². The van der Waals surface area contributed by atoms with Gasteiger partial charge in [-0.3, -0.25) is 14.8 Å². The van der Waals surface area contributed by atoms with E-state index in [2.05, 4.69) is 15.3 Å². The van der Waals surface area contributed by atoms with Crippen LogP contribution in [0, 0.1) is 0 Å². The quantitative estimate of drug-likeness (QED) is 0.710. The summed E-state index contributed by atoms with van der Waals surface area (Å²) in [5, 5.41) is 2.87. The molecule has 132 valence electrons. The number of carbonyl (C=O) groups excluding carboxylic acids is 1. The number of hydrogen-bond acceptors (Lipinski definition) is 5. The number of ether oxygens (including phenoxy) is 2. The molecule has 2 aromatic heterocycles. The fourth-order valence-electron chi connectivity index (χ4n) is 2.37. The Balaban J connectivity index is 1.62. The van der Waals surface area contributed by atoms with Crippen LogP contribution in [0.4, 0.5) is 0 Å². The molecule has 0 fully saturated rings. The zero-order chi connectivity index (χ0) is 18.2. The Labute approximate surface area is 151 Å². The molecule has 3 aromatic rings.